The number of nitrogens with one attached hydrogen (secondary N) is 2. The molecule has 1 aliphatic rings. The molecule has 1 aromatic heterocycles. The first-order valence-corrected chi connectivity index (χ1v) is 10.2. The van der Waals surface area contributed by atoms with E-state index in [1.807, 2.05) is 11.8 Å². The number of carbonyl (C=O) groups excluding carboxylic acids is 1. The van der Waals surface area contributed by atoms with Crippen LogP contribution in [0.15, 0.2) is 47.4 Å². The van der Waals surface area contributed by atoms with Crippen LogP contribution in [-0.4, -0.2) is 30.6 Å². The van der Waals surface area contributed by atoms with E-state index in [2.05, 4.69) is 10.3 Å². The fourth-order valence-corrected chi connectivity index (χ4v) is 4.06. The molecule has 1 saturated heterocycles. The lowest BCUT2D eigenvalue weighted by molar-refractivity contribution is -0.136. The summed E-state index contributed by atoms with van der Waals surface area (Å²) in [7, 11) is 1.48. The molecule has 0 spiro atoms. The molecule has 0 saturated carbocycles. The Bertz CT molecular complexity index is 1240. The van der Waals surface area contributed by atoms with Crippen molar-refractivity contribution in [1.29, 1.82) is 0 Å². The van der Waals surface area contributed by atoms with E-state index in [1.165, 1.54) is 25.4 Å². The Morgan fingerprint density at radius 1 is 1.22 bits per heavy atom. The van der Waals surface area contributed by atoms with Crippen LogP contribution in [0.2, 0.25) is 0 Å². The molecule has 0 bridgehead atoms. The SMILES string of the molecule is COc1ccc2c(=O)c(C(=O)Nc3ccc(N4CCC[C@@H]4C)cc3C(F)(F)F)c[nH]c2c1. The minimum absolute atomic E-state index is 0.145. The number of halogens is 3. The summed E-state index contributed by atoms with van der Waals surface area (Å²) in [6.45, 7) is 2.65. The number of aromatic amines is 1. The maximum atomic E-state index is 13.8. The monoisotopic (exact) mass is 445 g/mol. The molecule has 1 atom stereocenters. The molecular formula is C23H22F3N3O3. The summed E-state index contributed by atoms with van der Waals surface area (Å²) in [4.78, 5) is 30.2. The maximum Gasteiger partial charge on any atom is 0.418 e. The minimum atomic E-state index is -4.67. The fraction of sp³-hybridized carbons (Fsp3) is 0.304. The standard InChI is InChI=1S/C23H22F3N3O3/c1-13-4-3-9-29(13)14-5-8-19(18(10-14)23(24,25)26)28-22(31)17-12-27-20-11-15(32-2)6-7-16(20)21(17)30/h5-8,10-13H,3-4,9H2,1-2H3,(H,27,30)(H,28,31)/t13-/m0/s1. The second-order valence-corrected chi connectivity index (χ2v) is 7.81. The lowest BCUT2D eigenvalue weighted by Gasteiger charge is -2.25. The number of pyridine rings is 1. The molecule has 4 rings (SSSR count). The number of anilines is 2. The maximum absolute atomic E-state index is 13.8. The Morgan fingerprint density at radius 3 is 2.66 bits per heavy atom. The van der Waals surface area contributed by atoms with Gasteiger partial charge in [0.15, 0.2) is 0 Å². The normalized spacial score (nSPS) is 16.4. The lowest BCUT2D eigenvalue weighted by Crippen LogP contribution is -2.27. The highest BCUT2D eigenvalue weighted by atomic mass is 19.4. The van der Waals surface area contributed by atoms with Gasteiger partial charge in [-0.05, 0) is 50.1 Å². The van der Waals surface area contributed by atoms with Gasteiger partial charge in [0.2, 0.25) is 5.43 Å². The van der Waals surface area contributed by atoms with E-state index in [-0.39, 0.29) is 17.0 Å². The van der Waals surface area contributed by atoms with Gasteiger partial charge in [0.05, 0.1) is 23.9 Å². The number of fused-ring (bicyclic) bond motifs is 1. The van der Waals surface area contributed by atoms with Crippen LogP contribution in [0.3, 0.4) is 0 Å². The average Bonchev–Trinajstić information content (AvgIpc) is 3.19. The van der Waals surface area contributed by atoms with Gasteiger partial charge in [-0.3, -0.25) is 9.59 Å². The minimum Gasteiger partial charge on any atom is -0.497 e. The molecule has 1 fully saturated rings. The van der Waals surface area contributed by atoms with Gasteiger partial charge in [0.25, 0.3) is 5.91 Å². The molecular weight excluding hydrogens is 423 g/mol. The van der Waals surface area contributed by atoms with E-state index in [0.717, 1.165) is 18.9 Å². The molecule has 0 radical (unpaired) electrons. The number of alkyl halides is 3. The first-order chi connectivity index (χ1) is 15.2. The summed E-state index contributed by atoms with van der Waals surface area (Å²) in [5, 5.41) is 2.50. The van der Waals surface area contributed by atoms with Crippen molar-refractivity contribution < 1.29 is 22.7 Å². The molecule has 6 nitrogen and oxygen atoms in total. The van der Waals surface area contributed by atoms with Gasteiger partial charge in [0, 0.05) is 35.9 Å². The first kappa shape index (κ1) is 21.7. The van der Waals surface area contributed by atoms with Gasteiger partial charge >= 0.3 is 6.18 Å². The van der Waals surface area contributed by atoms with Crippen molar-refractivity contribution in [2.24, 2.45) is 0 Å². The van der Waals surface area contributed by atoms with Crippen molar-refractivity contribution in [3.05, 3.63) is 63.9 Å². The predicted octanol–water partition coefficient (Wildman–Crippen LogP) is 4.80. The number of benzene rings is 2. The smallest absolute Gasteiger partial charge is 0.418 e. The summed E-state index contributed by atoms with van der Waals surface area (Å²) >= 11 is 0. The van der Waals surface area contributed by atoms with Crippen molar-refractivity contribution >= 4 is 28.2 Å². The van der Waals surface area contributed by atoms with Crippen LogP contribution >= 0.6 is 0 Å². The van der Waals surface area contributed by atoms with E-state index in [4.69, 9.17) is 4.74 Å². The zero-order valence-corrected chi connectivity index (χ0v) is 17.5. The van der Waals surface area contributed by atoms with Crippen LogP contribution < -0.4 is 20.4 Å². The summed E-state index contributed by atoms with van der Waals surface area (Å²) in [6.07, 6.45) is -1.66. The second kappa shape index (κ2) is 8.22. The Hall–Kier alpha value is -3.49. The molecule has 0 unspecified atom stereocenters. The van der Waals surface area contributed by atoms with Crippen LogP contribution in [0.1, 0.15) is 35.7 Å². The Balaban J connectivity index is 1.68. The van der Waals surface area contributed by atoms with E-state index in [9.17, 15) is 22.8 Å². The number of ether oxygens (including phenoxy) is 1. The van der Waals surface area contributed by atoms with Gasteiger partial charge in [0.1, 0.15) is 11.3 Å². The number of amides is 1. The zero-order valence-electron chi connectivity index (χ0n) is 17.5. The summed E-state index contributed by atoms with van der Waals surface area (Å²) in [5.41, 5.74) is -1.32. The molecule has 2 aromatic carbocycles. The summed E-state index contributed by atoms with van der Waals surface area (Å²) in [6, 6.07) is 8.65. The highest BCUT2D eigenvalue weighted by Gasteiger charge is 2.35. The molecule has 168 valence electrons. The predicted molar refractivity (Wildman–Crippen MR) is 117 cm³/mol. The molecule has 32 heavy (non-hydrogen) atoms. The molecule has 9 heteroatoms. The average molecular weight is 445 g/mol. The number of rotatable bonds is 4. The van der Waals surface area contributed by atoms with Crippen molar-refractivity contribution in [3.8, 4) is 5.75 Å². The van der Waals surface area contributed by atoms with Crippen molar-refractivity contribution in [2.75, 3.05) is 23.9 Å². The number of H-pyrrole nitrogens is 1. The van der Waals surface area contributed by atoms with Crippen LogP contribution in [0.4, 0.5) is 24.5 Å². The van der Waals surface area contributed by atoms with Crippen LogP contribution in [0.25, 0.3) is 10.9 Å². The Morgan fingerprint density at radius 2 is 2.00 bits per heavy atom. The molecule has 2 N–H and O–H groups in total. The van der Waals surface area contributed by atoms with E-state index in [1.54, 1.807) is 18.2 Å². The third kappa shape index (κ3) is 4.02. The van der Waals surface area contributed by atoms with Crippen molar-refractivity contribution in [2.45, 2.75) is 32.0 Å². The highest BCUT2D eigenvalue weighted by Crippen LogP contribution is 2.38. The third-order valence-corrected chi connectivity index (χ3v) is 5.77. The van der Waals surface area contributed by atoms with Crippen molar-refractivity contribution in [3.63, 3.8) is 0 Å². The fourth-order valence-electron chi connectivity index (χ4n) is 4.06. The summed E-state index contributed by atoms with van der Waals surface area (Å²) in [5.74, 6) is -0.399. The molecule has 3 aromatic rings. The van der Waals surface area contributed by atoms with Crippen LogP contribution in [0, 0.1) is 0 Å². The van der Waals surface area contributed by atoms with Gasteiger partial charge in [-0.25, -0.2) is 0 Å². The number of hydrogen-bond acceptors (Lipinski definition) is 4. The molecule has 0 aliphatic carbocycles. The number of nitrogens with zero attached hydrogens (tertiary/aromatic N) is 1. The van der Waals surface area contributed by atoms with Gasteiger partial charge in [-0.1, -0.05) is 0 Å². The van der Waals surface area contributed by atoms with Crippen LogP contribution in [-0.2, 0) is 6.18 Å². The van der Waals surface area contributed by atoms with Gasteiger partial charge in [-0.2, -0.15) is 13.2 Å². The third-order valence-electron chi connectivity index (χ3n) is 5.77. The quantitative estimate of drug-likeness (QED) is 0.605. The number of aromatic nitrogens is 1. The summed E-state index contributed by atoms with van der Waals surface area (Å²) < 4.78 is 46.4. The second-order valence-electron chi connectivity index (χ2n) is 7.81. The highest BCUT2D eigenvalue weighted by molar-refractivity contribution is 6.06. The van der Waals surface area contributed by atoms with E-state index < -0.39 is 28.8 Å². The van der Waals surface area contributed by atoms with Crippen LogP contribution in [0.5, 0.6) is 5.75 Å². The Kier molecular flexibility index (Phi) is 5.58. The van der Waals surface area contributed by atoms with Gasteiger partial charge in [-0.15, -0.1) is 0 Å². The van der Waals surface area contributed by atoms with E-state index in [0.29, 0.717) is 23.5 Å². The van der Waals surface area contributed by atoms with E-state index >= 15 is 0 Å². The largest absolute Gasteiger partial charge is 0.497 e. The Labute approximate surface area is 182 Å². The van der Waals surface area contributed by atoms with Crippen molar-refractivity contribution in [1.82, 2.24) is 4.98 Å². The number of hydrogen-bond donors (Lipinski definition) is 2. The molecule has 2 heterocycles. The lowest BCUT2D eigenvalue weighted by atomic mass is 10.1. The molecule has 1 aliphatic heterocycles. The number of carbonyl (C=O) groups is 1. The topological polar surface area (TPSA) is 74.4 Å². The molecule has 1 amide bonds. The zero-order chi connectivity index (χ0) is 23.0. The number of methoxy groups -OCH3 is 1. The van der Waals surface area contributed by atoms with Gasteiger partial charge < -0.3 is 19.9 Å². The first-order valence-electron chi connectivity index (χ1n) is 10.2.